The number of nitrogens with one attached hydrogen (secondary N) is 1. The highest BCUT2D eigenvalue weighted by Gasteiger charge is 2.26. The van der Waals surface area contributed by atoms with E-state index in [2.05, 4.69) is 51.5 Å². The molecule has 2 aromatic rings. The molecule has 3 heterocycles. The Morgan fingerprint density at radius 2 is 1.56 bits per heavy atom. The molecule has 0 aromatic heterocycles. The second-order valence-electron chi connectivity index (χ2n) is 12.1. The van der Waals surface area contributed by atoms with E-state index in [1.807, 2.05) is 17.0 Å². The molecule has 7 heteroatoms. The lowest BCUT2D eigenvalue weighted by Crippen LogP contribution is -2.44. The molecule has 0 spiro atoms. The van der Waals surface area contributed by atoms with E-state index >= 15 is 0 Å². The second kappa shape index (κ2) is 14.9. The molecule has 0 unspecified atom stereocenters. The van der Waals surface area contributed by atoms with Crippen molar-refractivity contribution in [3.63, 3.8) is 0 Å². The van der Waals surface area contributed by atoms with Crippen LogP contribution in [0.4, 0.5) is 5.69 Å². The molecule has 3 aliphatic heterocycles. The van der Waals surface area contributed by atoms with Crippen LogP contribution in [0.5, 0.6) is 0 Å². The summed E-state index contributed by atoms with van der Waals surface area (Å²) in [6, 6.07) is 17.2. The van der Waals surface area contributed by atoms with E-state index in [9.17, 15) is 9.59 Å². The Hall–Kier alpha value is -2.74. The van der Waals surface area contributed by atoms with Gasteiger partial charge in [-0.25, -0.2) is 0 Å². The van der Waals surface area contributed by atoms with Gasteiger partial charge in [-0.1, -0.05) is 49.6 Å². The van der Waals surface area contributed by atoms with E-state index in [4.69, 9.17) is 4.74 Å². The number of nitrogens with zero attached hydrogens (tertiary/aromatic N) is 3. The number of ether oxygens (including phenoxy) is 1. The lowest BCUT2D eigenvalue weighted by molar-refractivity contribution is -0.116. The number of piperidine rings is 1. The van der Waals surface area contributed by atoms with Crippen molar-refractivity contribution in [1.29, 1.82) is 0 Å². The SMILES string of the molecule is CC(=O)N1CCCCCCCN(C2CCOCC2)Cc2cc(C(=O)NC3CCN(Cc4ccccc4)CC3)ccc21. The molecule has 2 saturated heterocycles. The number of amides is 2. The molecule has 2 fully saturated rings. The zero-order valence-corrected chi connectivity index (χ0v) is 24.9. The molecule has 0 aliphatic carbocycles. The van der Waals surface area contributed by atoms with Crippen molar-refractivity contribution in [2.24, 2.45) is 0 Å². The largest absolute Gasteiger partial charge is 0.381 e. The maximum Gasteiger partial charge on any atom is 0.251 e. The number of benzene rings is 2. The number of hydrogen-bond donors (Lipinski definition) is 1. The van der Waals surface area contributed by atoms with Gasteiger partial charge in [-0.15, -0.1) is 0 Å². The lowest BCUT2D eigenvalue weighted by Gasteiger charge is -2.36. The minimum absolute atomic E-state index is 0.00702. The van der Waals surface area contributed by atoms with Crippen molar-refractivity contribution in [3.8, 4) is 0 Å². The summed E-state index contributed by atoms with van der Waals surface area (Å²) in [5, 5.41) is 3.33. The van der Waals surface area contributed by atoms with Gasteiger partial charge in [-0.05, 0) is 74.4 Å². The summed E-state index contributed by atoms with van der Waals surface area (Å²) in [6.07, 6.45) is 9.76. The van der Waals surface area contributed by atoms with Crippen LogP contribution in [0.1, 0.15) is 86.2 Å². The van der Waals surface area contributed by atoms with Crippen LogP contribution in [0.3, 0.4) is 0 Å². The van der Waals surface area contributed by atoms with Crippen LogP contribution in [-0.2, 0) is 22.6 Å². The molecule has 2 aromatic carbocycles. The number of anilines is 1. The fraction of sp³-hybridized carbons (Fsp3) is 0.588. The predicted molar refractivity (Wildman–Crippen MR) is 164 cm³/mol. The molecule has 0 atom stereocenters. The Morgan fingerprint density at radius 1 is 0.854 bits per heavy atom. The van der Waals surface area contributed by atoms with Crippen LogP contribution >= 0.6 is 0 Å². The standard InChI is InChI=1S/C34H48N4O3/c1-27(39)38-19-9-4-2-3-8-18-37(32-16-22-41-23-17-32)26-30-24-29(12-13-33(30)38)34(40)35-31-14-20-36(21-15-31)25-28-10-6-5-7-11-28/h5-7,10-13,24,31-32H,2-4,8-9,14-23,25-26H2,1H3,(H,35,40). The van der Waals surface area contributed by atoms with Gasteiger partial charge < -0.3 is 15.0 Å². The first kappa shape index (κ1) is 29.7. The molecule has 222 valence electrons. The molecule has 3 aliphatic rings. The smallest absolute Gasteiger partial charge is 0.251 e. The zero-order chi connectivity index (χ0) is 28.4. The van der Waals surface area contributed by atoms with E-state index in [1.54, 1.807) is 6.92 Å². The average Bonchev–Trinajstić information content (AvgIpc) is 2.99. The highest BCUT2D eigenvalue weighted by Crippen LogP contribution is 2.28. The van der Waals surface area contributed by atoms with Crippen molar-refractivity contribution >= 4 is 17.5 Å². The normalized spacial score (nSPS) is 21.0. The number of rotatable bonds is 5. The van der Waals surface area contributed by atoms with E-state index in [-0.39, 0.29) is 17.9 Å². The van der Waals surface area contributed by atoms with Gasteiger partial charge in [0.05, 0.1) is 0 Å². The topological polar surface area (TPSA) is 65.1 Å². The summed E-state index contributed by atoms with van der Waals surface area (Å²) in [5.41, 5.74) is 4.07. The van der Waals surface area contributed by atoms with Crippen molar-refractivity contribution < 1.29 is 14.3 Å². The van der Waals surface area contributed by atoms with Gasteiger partial charge in [0.15, 0.2) is 0 Å². The third kappa shape index (κ3) is 8.40. The predicted octanol–water partition coefficient (Wildman–Crippen LogP) is 5.38. The molecule has 1 N–H and O–H groups in total. The quantitative estimate of drug-likeness (QED) is 0.532. The van der Waals surface area contributed by atoms with E-state index in [1.165, 1.54) is 24.8 Å². The van der Waals surface area contributed by atoms with Gasteiger partial charge in [-0.3, -0.25) is 19.4 Å². The first-order valence-corrected chi connectivity index (χ1v) is 15.9. The maximum absolute atomic E-state index is 13.5. The third-order valence-corrected chi connectivity index (χ3v) is 9.09. The number of carbonyl (C=O) groups is 2. The Labute approximate surface area is 246 Å². The number of likely N-dealkylation sites (tertiary alicyclic amines) is 1. The number of carbonyl (C=O) groups excluding carboxylic acids is 2. The van der Waals surface area contributed by atoms with Crippen molar-refractivity contribution in [2.45, 2.75) is 89.9 Å². The fourth-order valence-corrected chi connectivity index (χ4v) is 6.68. The summed E-state index contributed by atoms with van der Waals surface area (Å²) in [5.74, 6) is 0.0628. The van der Waals surface area contributed by atoms with Crippen LogP contribution in [-0.4, -0.2) is 73.1 Å². The highest BCUT2D eigenvalue weighted by atomic mass is 16.5. The van der Waals surface area contributed by atoms with Gasteiger partial charge in [-0.2, -0.15) is 0 Å². The molecule has 0 radical (unpaired) electrons. The number of hydrogen-bond acceptors (Lipinski definition) is 5. The lowest BCUT2D eigenvalue weighted by atomic mass is 10.00. The monoisotopic (exact) mass is 560 g/mol. The molecule has 41 heavy (non-hydrogen) atoms. The molecule has 0 bridgehead atoms. The summed E-state index contributed by atoms with van der Waals surface area (Å²) in [7, 11) is 0. The van der Waals surface area contributed by atoms with Crippen LogP contribution in [0.2, 0.25) is 0 Å². The van der Waals surface area contributed by atoms with E-state index in [0.29, 0.717) is 11.6 Å². The van der Waals surface area contributed by atoms with Gasteiger partial charge in [0.2, 0.25) is 5.91 Å². The summed E-state index contributed by atoms with van der Waals surface area (Å²) >= 11 is 0. The Balaban J connectivity index is 1.30. The Kier molecular flexibility index (Phi) is 10.8. The Bertz CT molecular complexity index is 1130. The fourth-order valence-electron chi connectivity index (χ4n) is 6.68. The van der Waals surface area contributed by atoms with Crippen LogP contribution < -0.4 is 10.2 Å². The molecule has 2 amide bonds. The highest BCUT2D eigenvalue weighted by molar-refractivity contribution is 5.97. The van der Waals surface area contributed by atoms with Crippen molar-refractivity contribution in [1.82, 2.24) is 15.1 Å². The van der Waals surface area contributed by atoms with Crippen LogP contribution in [0.15, 0.2) is 48.5 Å². The molecule has 5 rings (SSSR count). The van der Waals surface area contributed by atoms with E-state index < -0.39 is 0 Å². The van der Waals surface area contributed by atoms with Gasteiger partial charge in [0, 0.05) is 76.2 Å². The molecule has 7 nitrogen and oxygen atoms in total. The van der Waals surface area contributed by atoms with E-state index in [0.717, 1.165) is 102 Å². The number of fused-ring (bicyclic) bond motifs is 1. The molecular formula is C34H48N4O3. The minimum Gasteiger partial charge on any atom is -0.381 e. The first-order chi connectivity index (χ1) is 20.1. The van der Waals surface area contributed by atoms with Gasteiger partial charge >= 0.3 is 0 Å². The van der Waals surface area contributed by atoms with Gasteiger partial charge in [0.1, 0.15) is 0 Å². The Morgan fingerprint density at radius 3 is 2.29 bits per heavy atom. The average molecular weight is 561 g/mol. The van der Waals surface area contributed by atoms with Crippen molar-refractivity contribution in [3.05, 3.63) is 65.2 Å². The molecule has 0 saturated carbocycles. The summed E-state index contributed by atoms with van der Waals surface area (Å²) < 4.78 is 5.67. The first-order valence-electron chi connectivity index (χ1n) is 15.9. The zero-order valence-electron chi connectivity index (χ0n) is 24.9. The maximum atomic E-state index is 13.5. The molecular weight excluding hydrogens is 512 g/mol. The third-order valence-electron chi connectivity index (χ3n) is 9.09. The van der Waals surface area contributed by atoms with Crippen LogP contribution in [0.25, 0.3) is 0 Å². The summed E-state index contributed by atoms with van der Waals surface area (Å²) in [4.78, 5) is 33.3. The second-order valence-corrected chi connectivity index (χ2v) is 12.1. The minimum atomic E-state index is -0.00702. The van der Waals surface area contributed by atoms with Crippen molar-refractivity contribution in [2.75, 3.05) is 44.3 Å². The van der Waals surface area contributed by atoms with Crippen LogP contribution in [0, 0.1) is 0 Å². The summed E-state index contributed by atoms with van der Waals surface area (Å²) in [6.45, 7) is 8.73. The van der Waals surface area contributed by atoms with Gasteiger partial charge in [0.25, 0.3) is 5.91 Å².